The van der Waals surface area contributed by atoms with Gasteiger partial charge in [0, 0.05) is 16.7 Å². The number of benzene rings is 1. The SMILES string of the molecule is COC(=O)[C@H](C)N1C(=O)S/C(=C/c2ccc(-c3cccc(Cl)c3)o2)C1=O. The summed E-state index contributed by atoms with van der Waals surface area (Å²) in [5.41, 5.74) is 0.796. The van der Waals surface area contributed by atoms with Crippen LogP contribution in [0.5, 0.6) is 0 Å². The molecule has 26 heavy (non-hydrogen) atoms. The topological polar surface area (TPSA) is 76.8 Å². The lowest BCUT2D eigenvalue weighted by Gasteiger charge is -2.18. The monoisotopic (exact) mass is 391 g/mol. The molecule has 3 rings (SSSR count). The number of imide groups is 1. The number of hydrogen-bond acceptors (Lipinski definition) is 6. The summed E-state index contributed by atoms with van der Waals surface area (Å²) in [5, 5.41) is 0.0548. The minimum Gasteiger partial charge on any atom is -0.467 e. The lowest BCUT2D eigenvalue weighted by Crippen LogP contribution is -2.42. The van der Waals surface area contributed by atoms with Crippen LogP contribution in [0.2, 0.25) is 5.02 Å². The van der Waals surface area contributed by atoms with E-state index in [2.05, 4.69) is 4.74 Å². The molecule has 0 spiro atoms. The molecule has 0 bridgehead atoms. The second kappa shape index (κ2) is 7.39. The number of ether oxygens (including phenoxy) is 1. The van der Waals surface area contributed by atoms with Gasteiger partial charge in [-0.2, -0.15) is 0 Å². The first-order chi connectivity index (χ1) is 12.4. The second-order valence-electron chi connectivity index (χ2n) is 5.46. The predicted molar refractivity (Wildman–Crippen MR) is 98.4 cm³/mol. The number of carbonyl (C=O) groups excluding carboxylic acids is 3. The van der Waals surface area contributed by atoms with Crippen molar-refractivity contribution in [3.05, 3.63) is 52.1 Å². The Labute approximate surface area is 158 Å². The van der Waals surface area contributed by atoms with Gasteiger partial charge >= 0.3 is 5.97 Å². The molecule has 1 aromatic carbocycles. The molecule has 2 heterocycles. The quantitative estimate of drug-likeness (QED) is 0.574. The van der Waals surface area contributed by atoms with Crippen molar-refractivity contribution in [1.82, 2.24) is 4.90 Å². The molecular formula is C18H14ClNO5S. The van der Waals surface area contributed by atoms with Crippen molar-refractivity contribution in [2.45, 2.75) is 13.0 Å². The van der Waals surface area contributed by atoms with Crippen LogP contribution < -0.4 is 0 Å². The van der Waals surface area contributed by atoms with Crippen LogP contribution in [0.4, 0.5) is 4.79 Å². The van der Waals surface area contributed by atoms with Crippen LogP contribution in [-0.4, -0.2) is 35.2 Å². The van der Waals surface area contributed by atoms with Gasteiger partial charge in [-0.05, 0) is 43.0 Å². The zero-order chi connectivity index (χ0) is 18.8. The van der Waals surface area contributed by atoms with Crippen molar-refractivity contribution in [3.63, 3.8) is 0 Å². The Bertz CT molecular complexity index is 920. The van der Waals surface area contributed by atoms with Crippen LogP contribution in [0.15, 0.2) is 45.7 Å². The highest BCUT2D eigenvalue weighted by Crippen LogP contribution is 2.34. The van der Waals surface area contributed by atoms with Crippen molar-refractivity contribution in [3.8, 4) is 11.3 Å². The zero-order valence-electron chi connectivity index (χ0n) is 13.9. The average Bonchev–Trinajstić information content (AvgIpc) is 3.19. The van der Waals surface area contributed by atoms with E-state index in [1.165, 1.54) is 20.1 Å². The van der Waals surface area contributed by atoms with Crippen molar-refractivity contribution in [2.24, 2.45) is 0 Å². The third-order valence-electron chi connectivity index (χ3n) is 3.76. The Morgan fingerprint density at radius 1 is 1.31 bits per heavy atom. The molecule has 134 valence electrons. The number of methoxy groups -OCH3 is 1. The fourth-order valence-electron chi connectivity index (χ4n) is 2.45. The van der Waals surface area contributed by atoms with Crippen molar-refractivity contribution in [2.75, 3.05) is 7.11 Å². The summed E-state index contributed by atoms with van der Waals surface area (Å²) in [4.78, 5) is 37.2. The molecule has 6 nitrogen and oxygen atoms in total. The molecule has 1 aliphatic heterocycles. The molecule has 1 atom stereocenters. The highest BCUT2D eigenvalue weighted by Gasteiger charge is 2.41. The third kappa shape index (κ3) is 3.54. The van der Waals surface area contributed by atoms with E-state index < -0.39 is 23.2 Å². The molecule has 2 amide bonds. The van der Waals surface area contributed by atoms with E-state index in [0.29, 0.717) is 16.5 Å². The number of esters is 1. The zero-order valence-corrected chi connectivity index (χ0v) is 15.5. The van der Waals surface area contributed by atoms with Gasteiger partial charge in [-0.1, -0.05) is 23.7 Å². The van der Waals surface area contributed by atoms with Crippen LogP contribution in [0.25, 0.3) is 17.4 Å². The smallest absolute Gasteiger partial charge is 0.328 e. The number of halogens is 1. The van der Waals surface area contributed by atoms with Gasteiger partial charge in [0.05, 0.1) is 12.0 Å². The normalized spacial score (nSPS) is 17.0. The Morgan fingerprint density at radius 3 is 2.77 bits per heavy atom. The molecule has 0 saturated carbocycles. The maximum atomic E-state index is 12.5. The molecule has 1 saturated heterocycles. The summed E-state index contributed by atoms with van der Waals surface area (Å²) in [7, 11) is 1.20. The maximum Gasteiger partial charge on any atom is 0.328 e. The molecule has 0 unspecified atom stereocenters. The molecule has 8 heteroatoms. The predicted octanol–water partition coefficient (Wildman–Crippen LogP) is 4.20. The molecule has 2 aromatic rings. The first-order valence-corrected chi connectivity index (χ1v) is 8.81. The van der Waals surface area contributed by atoms with Gasteiger partial charge in [0.1, 0.15) is 17.6 Å². The molecule has 1 fully saturated rings. The molecule has 1 aliphatic rings. The minimum atomic E-state index is -0.989. The number of furan rings is 1. The third-order valence-corrected chi connectivity index (χ3v) is 4.88. The van der Waals surface area contributed by atoms with Gasteiger partial charge in [0.2, 0.25) is 0 Å². The summed E-state index contributed by atoms with van der Waals surface area (Å²) in [6.07, 6.45) is 1.48. The number of carbonyl (C=O) groups is 3. The lowest BCUT2D eigenvalue weighted by molar-refractivity contribution is -0.148. The van der Waals surface area contributed by atoms with Gasteiger partial charge in [-0.15, -0.1) is 0 Å². The van der Waals surface area contributed by atoms with Gasteiger partial charge in [0.25, 0.3) is 11.1 Å². The Kier molecular flexibility index (Phi) is 5.20. The number of rotatable bonds is 4. The van der Waals surface area contributed by atoms with E-state index in [1.54, 1.807) is 30.3 Å². The van der Waals surface area contributed by atoms with E-state index in [1.807, 2.05) is 6.07 Å². The van der Waals surface area contributed by atoms with Gasteiger partial charge in [0.15, 0.2) is 0 Å². The van der Waals surface area contributed by atoms with Crippen LogP contribution in [-0.2, 0) is 14.3 Å². The Hall–Kier alpha value is -2.51. The largest absolute Gasteiger partial charge is 0.467 e. The van der Waals surface area contributed by atoms with Gasteiger partial charge < -0.3 is 9.15 Å². The number of amides is 2. The first-order valence-electron chi connectivity index (χ1n) is 7.61. The Morgan fingerprint density at radius 2 is 2.08 bits per heavy atom. The van der Waals surface area contributed by atoms with Crippen molar-refractivity contribution >= 4 is 46.6 Å². The highest BCUT2D eigenvalue weighted by atomic mass is 35.5. The lowest BCUT2D eigenvalue weighted by atomic mass is 10.2. The summed E-state index contributed by atoms with van der Waals surface area (Å²) in [6, 6.07) is 9.62. The van der Waals surface area contributed by atoms with E-state index in [4.69, 9.17) is 16.0 Å². The molecule has 1 aromatic heterocycles. The number of nitrogens with zero attached hydrogens (tertiary/aromatic N) is 1. The van der Waals surface area contributed by atoms with E-state index in [9.17, 15) is 14.4 Å². The number of hydrogen-bond donors (Lipinski definition) is 0. The molecule has 0 aliphatic carbocycles. The van der Waals surface area contributed by atoms with Crippen LogP contribution in [0, 0.1) is 0 Å². The molecule has 0 N–H and O–H groups in total. The minimum absolute atomic E-state index is 0.178. The van der Waals surface area contributed by atoms with E-state index in [-0.39, 0.29) is 4.91 Å². The van der Waals surface area contributed by atoms with Crippen molar-refractivity contribution < 1.29 is 23.5 Å². The molecular weight excluding hydrogens is 378 g/mol. The summed E-state index contributed by atoms with van der Waals surface area (Å²) < 4.78 is 10.3. The summed E-state index contributed by atoms with van der Waals surface area (Å²) >= 11 is 6.73. The number of thioether (sulfide) groups is 1. The van der Waals surface area contributed by atoms with Gasteiger partial charge in [-0.3, -0.25) is 14.5 Å². The average molecular weight is 392 g/mol. The Balaban J connectivity index is 1.84. The summed E-state index contributed by atoms with van der Waals surface area (Å²) in [6.45, 7) is 1.44. The highest BCUT2D eigenvalue weighted by molar-refractivity contribution is 8.18. The fraction of sp³-hybridized carbons (Fsp3) is 0.167. The van der Waals surface area contributed by atoms with E-state index in [0.717, 1.165) is 22.2 Å². The standard InChI is InChI=1S/C18H14ClNO5S/c1-10(17(22)24-2)20-16(21)15(26-18(20)23)9-13-6-7-14(25-13)11-4-3-5-12(19)8-11/h3-10H,1-2H3/b15-9+/t10-/m0/s1. The van der Waals surface area contributed by atoms with Crippen LogP contribution >= 0.6 is 23.4 Å². The molecule has 0 radical (unpaired) electrons. The van der Waals surface area contributed by atoms with Crippen LogP contribution in [0.1, 0.15) is 12.7 Å². The van der Waals surface area contributed by atoms with Crippen LogP contribution in [0.3, 0.4) is 0 Å². The summed E-state index contributed by atoms with van der Waals surface area (Å²) in [5.74, 6) is -0.217. The second-order valence-corrected chi connectivity index (χ2v) is 6.89. The van der Waals surface area contributed by atoms with E-state index >= 15 is 0 Å². The first kappa shape index (κ1) is 18.3. The van der Waals surface area contributed by atoms with Crippen molar-refractivity contribution in [1.29, 1.82) is 0 Å². The van der Waals surface area contributed by atoms with Gasteiger partial charge in [-0.25, -0.2) is 4.79 Å². The maximum absolute atomic E-state index is 12.5. The fourth-order valence-corrected chi connectivity index (χ4v) is 3.52.